The zero-order chi connectivity index (χ0) is 22.7. The minimum Gasteiger partial charge on any atom is -0.497 e. The molecule has 2 heterocycles. The standard InChI is InChI=1S/C25H28N4O3/c1-17(30)24-25(27-29(26-24)16-19-4-10-23(32-3)11-5-19)22-8-6-20(7-9-22)21-12-14-28(15-13-21)18(2)31/h4-11,21H,12-16H2,1-3H3. The summed E-state index contributed by atoms with van der Waals surface area (Å²) in [5.41, 5.74) is 4.13. The lowest BCUT2D eigenvalue weighted by Crippen LogP contribution is -2.36. The van der Waals surface area contributed by atoms with Crippen LogP contribution in [-0.4, -0.2) is 51.8 Å². The van der Waals surface area contributed by atoms with Gasteiger partial charge in [0.15, 0.2) is 11.5 Å². The Morgan fingerprint density at radius 1 is 0.969 bits per heavy atom. The van der Waals surface area contributed by atoms with E-state index in [4.69, 9.17) is 4.74 Å². The molecule has 7 nitrogen and oxygen atoms in total. The van der Waals surface area contributed by atoms with E-state index >= 15 is 0 Å². The third-order valence-corrected chi connectivity index (χ3v) is 6.07. The van der Waals surface area contributed by atoms with Crippen LogP contribution in [0.3, 0.4) is 0 Å². The molecule has 1 aromatic heterocycles. The largest absolute Gasteiger partial charge is 0.497 e. The molecule has 0 saturated carbocycles. The maximum Gasteiger partial charge on any atom is 0.219 e. The molecular weight excluding hydrogens is 404 g/mol. The average molecular weight is 433 g/mol. The number of rotatable bonds is 6. The summed E-state index contributed by atoms with van der Waals surface area (Å²) in [6.45, 7) is 5.22. The zero-order valence-corrected chi connectivity index (χ0v) is 18.7. The van der Waals surface area contributed by atoms with Gasteiger partial charge in [-0.25, -0.2) is 0 Å². The molecule has 166 valence electrons. The molecular formula is C25H28N4O3. The van der Waals surface area contributed by atoms with E-state index in [1.54, 1.807) is 18.8 Å². The van der Waals surface area contributed by atoms with Gasteiger partial charge in [0, 0.05) is 32.5 Å². The number of hydrogen-bond donors (Lipinski definition) is 0. The number of amides is 1. The number of hydrogen-bond acceptors (Lipinski definition) is 5. The Balaban J connectivity index is 1.52. The van der Waals surface area contributed by atoms with E-state index in [9.17, 15) is 9.59 Å². The van der Waals surface area contributed by atoms with E-state index in [2.05, 4.69) is 22.3 Å². The Morgan fingerprint density at radius 2 is 1.62 bits per heavy atom. The number of carbonyl (C=O) groups is 2. The molecule has 1 aliphatic rings. The van der Waals surface area contributed by atoms with Crippen LogP contribution in [0.5, 0.6) is 5.75 Å². The van der Waals surface area contributed by atoms with Gasteiger partial charge >= 0.3 is 0 Å². The number of carbonyl (C=O) groups excluding carboxylic acids is 2. The molecule has 1 amide bonds. The molecule has 7 heteroatoms. The van der Waals surface area contributed by atoms with E-state index in [-0.39, 0.29) is 11.7 Å². The SMILES string of the molecule is COc1ccc(Cn2nc(C(C)=O)c(-c3ccc(C4CCN(C(C)=O)CC4)cc3)n2)cc1. The molecule has 1 fully saturated rings. The van der Waals surface area contributed by atoms with Gasteiger partial charge in [0.05, 0.1) is 13.7 Å². The van der Waals surface area contributed by atoms with Crippen LogP contribution in [0.1, 0.15) is 54.2 Å². The van der Waals surface area contributed by atoms with Crippen LogP contribution in [0.2, 0.25) is 0 Å². The lowest BCUT2D eigenvalue weighted by atomic mass is 9.88. The monoisotopic (exact) mass is 432 g/mol. The van der Waals surface area contributed by atoms with E-state index in [0.717, 1.165) is 42.8 Å². The van der Waals surface area contributed by atoms with E-state index in [1.165, 1.54) is 12.5 Å². The number of likely N-dealkylation sites (tertiary alicyclic amines) is 1. The second kappa shape index (κ2) is 9.34. The second-order valence-electron chi connectivity index (χ2n) is 8.23. The highest BCUT2D eigenvalue weighted by Gasteiger charge is 2.23. The first-order chi connectivity index (χ1) is 15.4. The van der Waals surface area contributed by atoms with Crippen LogP contribution < -0.4 is 4.74 Å². The quantitative estimate of drug-likeness (QED) is 0.552. The summed E-state index contributed by atoms with van der Waals surface area (Å²) in [4.78, 5) is 27.3. The number of Topliss-reactive ketones (excluding diaryl/α,β-unsaturated/α-hetero) is 1. The van der Waals surface area contributed by atoms with Gasteiger partial charge in [0.25, 0.3) is 0 Å². The Hall–Kier alpha value is -3.48. The molecule has 1 aliphatic heterocycles. The fourth-order valence-electron chi connectivity index (χ4n) is 4.19. The number of nitrogens with zero attached hydrogens (tertiary/aromatic N) is 4. The first kappa shape index (κ1) is 21.7. The third-order valence-electron chi connectivity index (χ3n) is 6.07. The van der Waals surface area contributed by atoms with Crippen LogP contribution in [-0.2, 0) is 11.3 Å². The molecule has 32 heavy (non-hydrogen) atoms. The number of methoxy groups -OCH3 is 1. The van der Waals surface area contributed by atoms with E-state index < -0.39 is 0 Å². The summed E-state index contributed by atoms with van der Waals surface area (Å²) < 4.78 is 5.20. The number of ether oxygens (including phenoxy) is 1. The van der Waals surface area contributed by atoms with Crippen molar-refractivity contribution in [1.29, 1.82) is 0 Å². The van der Waals surface area contributed by atoms with Gasteiger partial charge in [0.1, 0.15) is 11.4 Å². The summed E-state index contributed by atoms with van der Waals surface area (Å²) in [5, 5.41) is 9.07. The molecule has 4 rings (SSSR count). The van der Waals surface area contributed by atoms with E-state index in [1.807, 2.05) is 41.3 Å². The maximum atomic E-state index is 12.2. The summed E-state index contributed by atoms with van der Waals surface area (Å²) in [7, 11) is 1.63. The van der Waals surface area contributed by atoms with Crippen LogP contribution in [0.25, 0.3) is 11.3 Å². The van der Waals surface area contributed by atoms with Gasteiger partial charge in [0.2, 0.25) is 5.91 Å². The highest BCUT2D eigenvalue weighted by molar-refractivity contribution is 5.97. The molecule has 1 saturated heterocycles. The number of aromatic nitrogens is 3. The van der Waals surface area contributed by atoms with Crippen molar-refractivity contribution in [1.82, 2.24) is 19.9 Å². The Morgan fingerprint density at radius 3 is 2.19 bits per heavy atom. The third kappa shape index (κ3) is 4.72. The smallest absolute Gasteiger partial charge is 0.219 e. The van der Waals surface area contributed by atoms with Crippen LogP contribution >= 0.6 is 0 Å². The predicted octanol–water partition coefficient (Wildman–Crippen LogP) is 3.93. The lowest BCUT2D eigenvalue weighted by molar-refractivity contribution is -0.129. The van der Waals surface area contributed by atoms with Gasteiger partial charge in [-0.2, -0.15) is 9.90 Å². The van der Waals surface area contributed by atoms with Crippen LogP contribution in [0, 0.1) is 0 Å². The average Bonchev–Trinajstić information content (AvgIpc) is 3.24. The van der Waals surface area contributed by atoms with Gasteiger partial charge in [-0.1, -0.05) is 36.4 Å². The summed E-state index contributed by atoms with van der Waals surface area (Å²) in [5.74, 6) is 1.27. The van der Waals surface area contributed by atoms with Gasteiger partial charge in [-0.05, 0) is 42.0 Å². The highest BCUT2D eigenvalue weighted by Crippen LogP contribution is 2.30. The van der Waals surface area contributed by atoms with Crippen molar-refractivity contribution in [3.8, 4) is 17.0 Å². The molecule has 0 atom stereocenters. The number of piperidine rings is 1. The topological polar surface area (TPSA) is 77.3 Å². The molecule has 3 aromatic rings. The Bertz CT molecular complexity index is 1100. The predicted molar refractivity (Wildman–Crippen MR) is 122 cm³/mol. The minimum atomic E-state index is -0.110. The first-order valence-corrected chi connectivity index (χ1v) is 10.9. The zero-order valence-electron chi connectivity index (χ0n) is 18.7. The van der Waals surface area contributed by atoms with Crippen molar-refractivity contribution in [2.24, 2.45) is 0 Å². The summed E-state index contributed by atoms with van der Waals surface area (Å²) in [6, 6.07) is 16.0. The summed E-state index contributed by atoms with van der Waals surface area (Å²) >= 11 is 0. The van der Waals surface area contributed by atoms with Crippen molar-refractivity contribution in [2.75, 3.05) is 20.2 Å². The Labute approximate surface area is 188 Å². The summed E-state index contributed by atoms with van der Waals surface area (Å²) in [6.07, 6.45) is 1.94. The molecule has 0 unspecified atom stereocenters. The van der Waals surface area contributed by atoms with Crippen molar-refractivity contribution in [3.63, 3.8) is 0 Å². The fraction of sp³-hybridized carbons (Fsp3) is 0.360. The normalized spacial score (nSPS) is 14.4. The van der Waals surface area contributed by atoms with Crippen molar-refractivity contribution < 1.29 is 14.3 Å². The van der Waals surface area contributed by atoms with Gasteiger partial charge < -0.3 is 9.64 Å². The van der Waals surface area contributed by atoms with Gasteiger partial charge in [-0.15, -0.1) is 5.10 Å². The van der Waals surface area contributed by atoms with Gasteiger partial charge in [-0.3, -0.25) is 9.59 Å². The Kier molecular flexibility index (Phi) is 6.35. The highest BCUT2D eigenvalue weighted by atomic mass is 16.5. The van der Waals surface area contributed by atoms with Crippen LogP contribution in [0.15, 0.2) is 48.5 Å². The molecule has 0 bridgehead atoms. The lowest BCUT2D eigenvalue weighted by Gasteiger charge is -2.31. The maximum absolute atomic E-state index is 12.2. The van der Waals surface area contributed by atoms with Crippen molar-refractivity contribution in [2.45, 2.75) is 39.2 Å². The van der Waals surface area contributed by atoms with E-state index in [0.29, 0.717) is 23.9 Å². The fourth-order valence-corrected chi connectivity index (χ4v) is 4.19. The van der Waals surface area contributed by atoms with Crippen molar-refractivity contribution >= 4 is 11.7 Å². The van der Waals surface area contributed by atoms with Crippen LogP contribution in [0.4, 0.5) is 0 Å². The molecule has 0 radical (unpaired) electrons. The molecule has 0 spiro atoms. The molecule has 2 aromatic carbocycles. The second-order valence-corrected chi connectivity index (χ2v) is 8.23. The number of ketones is 1. The molecule has 0 N–H and O–H groups in total. The van der Waals surface area contributed by atoms with Crippen molar-refractivity contribution in [3.05, 3.63) is 65.4 Å². The molecule has 0 aliphatic carbocycles. The number of benzene rings is 2. The first-order valence-electron chi connectivity index (χ1n) is 10.9. The minimum absolute atomic E-state index is 0.110.